The van der Waals surface area contributed by atoms with Crippen molar-refractivity contribution in [1.82, 2.24) is 0 Å². The van der Waals surface area contributed by atoms with E-state index in [0.717, 1.165) is 20.5 Å². The van der Waals surface area contributed by atoms with E-state index in [9.17, 15) is 4.39 Å². The lowest BCUT2D eigenvalue weighted by Gasteiger charge is -1.92. The van der Waals surface area contributed by atoms with Crippen molar-refractivity contribution in [1.29, 1.82) is 0 Å². The lowest BCUT2D eigenvalue weighted by molar-refractivity contribution is 0.630. The number of hydrogen-bond acceptors (Lipinski definition) is 2. The van der Waals surface area contributed by atoms with Gasteiger partial charge in [-0.3, -0.25) is 0 Å². The fourth-order valence-electron chi connectivity index (χ4n) is 1.44. The van der Waals surface area contributed by atoms with Gasteiger partial charge >= 0.3 is 0 Å². The molecule has 0 aliphatic carbocycles. The first-order valence-electron chi connectivity index (χ1n) is 4.10. The molecule has 1 aromatic carbocycles. The van der Waals surface area contributed by atoms with Crippen LogP contribution in [-0.4, -0.2) is 0 Å². The third-order valence-electron chi connectivity index (χ3n) is 2.18. The van der Waals surface area contributed by atoms with Gasteiger partial charge in [-0.1, -0.05) is 0 Å². The van der Waals surface area contributed by atoms with Gasteiger partial charge in [0.15, 0.2) is 0 Å². The first-order chi connectivity index (χ1) is 6.22. The van der Waals surface area contributed by atoms with Gasteiger partial charge in [0, 0.05) is 16.1 Å². The van der Waals surface area contributed by atoms with E-state index < -0.39 is 0 Å². The van der Waals surface area contributed by atoms with E-state index in [4.69, 9.17) is 5.73 Å². The molecule has 1 heterocycles. The van der Waals surface area contributed by atoms with Gasteiger partial charge < -0.3 is 5.73 Å². The van der Waals surface area contributed by atoms with Crippen LogP contribution in [0.3, 0.4) is 0 Å². The molecule has 0 radical (unpaired) electrons. The van der Waals surface area contributed by atoms with Crippen LogP contribution in [0.1, 0.15) is 10.4 Å². The summed E-state index contributed by atoms with van der Waals surface area (Å²) in [5, 5.41) is 0.991. The molecule has 0 unspecified atom stereocenters. The summed E-state index contributed by atoms with van der Waals surface area (Å²) in [6, 6.07) is 4.86. The minimum atomic E-state index is -0.183. The summed E-state index contributed by atoms with van der Waals surface area (Å²) in [6.07, 6.45) is 0. The zero-order valence-electron chi connectivity index (χ0n) is 7.30. The molecule has 2 N–H and O–H groups in total. The van der Waals surface area contributed by atoms with E-state index in [1.165, 1.54) is 6.07 Å². The fourth-order valence-corrected chi connectivity index (χ4v) is 2.51. The molecule has 0 amide bonds. The van der Waals surface area contributed by atoms with Crippen LogP contribution in [0.4, 0.5) is 4.39 Å². The van der Waals surface area contributed by atoms with Crippen molar-refractivity contribution in [3.05, 3.63) is 34.5 Å². The van der Waals surface area contributed by atoms with E-state index in [2.05, 4.69) is 0 Å². The molecule has 0 saturated heterocycles. The quantitative estimate of drug-likeness (QED) is 0.744. The van der Waals surface area contributed by atoms with Crippen LogP contribution < -0.4 is 5.73 Å². The number of halogens is 1. The second-order valence-electron chi connectivity index (χ2n) is 2.99. The highest BCUT2D eigenvalue weighted by molar-refractivity contribution is 7.19. The standard InChI is InChI=1S/C10H10FNS/c1-6-8-4-7(11)2-3-9(8)13-10(6)5-12/h2-4H,5,12H2,1H3. The van der Waals surface area contributed by atoms with E-state index in [1.807, 2.05) is 13.0 Å². The van der Waals surface area contributed by atoms with Gasteiger partial charge in [0.25, 0.3) is 0 Å². The van der Waals surface area contributed by atoms with Crippen LogP contribution in [0.25, 0.3) is 10.1 Å². The Labute approximate surface area is 80.0 Å². The maximum Gasteiger partial charge on any atom is 0.123 e. The van der Waals surface area contributed by atoms with Gasteiger partial charge in [-0.05, 0) is 36.1 Å². The van der Waals surface area contributed by atoms with Crippen LogP contribution in [0, 0.1) is 12.7 Å². The highest BCUT2D eigenvalue weighted by atomic mass is 32.1. The van der Waals surface area contributed by atoms with Crippen LogP contribution in [0.5, 0.6) is 0 Å². The van der Waals surface area contributed by atoms with Crippen molar-refractivity contribution < 1.29 is 4.39 Å². The van der Waals surface area contributed by atoms with Crippen molar-refractivity contribution in [3.63, 3.8) is 0 Å². The molecule has 1 aromatic heterocycles. The molecular formula is C10H10FNS. The Bertz CT molecular complexity index is 447. The molecular weight excluding hydrogens is 185 g/mol. The number of thiophene rings is 1. The van der Waals surface area contributed by atoms with Gasteiger partial charge in [0.1, 0.15) is 5.82 Å². The van der Waals surface area contributed by atoms with Gasteiger partial charge in [0.2, 0.25) is 0 Å². The number of rotatable bonds is 1. The highest BCUT2D eigenvalue weighted by Crippen LogP contribution is 2.30. The third-order valence-corrected chi connectivity index (χ3v) is 3.48. The van der Waals surface area contributed by atoms with Crippen LogP contribution in [0.2, 0.25) is 0 Å². The van der Waals surface area contributed by atoms with Crippen molar-refractivity contribution >= 4 is 21.4 Å². The van der Waals surface area contributed by atoms with Crippen LogP contribution in [-0.2, 0) is 6.54 Å². The third kappa shape index (κ3) is 1.34. The first kappa shape index (κ1) is 8.66. The molecule has 0 spiro atoms. The number of fused-ring (bicyclic) bond motifs is 1. The molecule has 68 valence electrons. The van der Waals surface area contributed by atoms with Gasteiger partial charge in [0.05, 0.1) is 0 Å². The predicted octanol–water partition coefficient (Wildman–Crippen LogP) is 2.81. The monoisotopic (exact) mass is 195 g/mol. The number of benzene rings is 1. The summed E-state index contributed by atoms with van der Waals surface area (Å²) in [5.41, 5.74) is 6.68. The largest absolute Gasteiger partial charge is 0.326 e. The summed E-state index contributed by atoms with van der Waals surface area (Å²) in [7, 11) is 0. The molecule has 0 aliphatic heterocycles. The summed E-state index contributed by atoms with van der Waals surface area (Å²) < 4.78 is 14.0. The van der Waals surface area contributed by atoms with Crippen LogP contribution in [0.15, 0.2) is 18.2 Å². The van der Waals surface area contributed by atoms with Gasteiger partial charge in [-0.25, -0.2) is 4.39 Å². The zero-order valence-corrected chi connectivity index (χ0v) is 8.12. The number of aryl methyl sites for hydroxylation is 1. The lowest BCUT2D eigenvalue weighted by atomic mass is 10.1. The normalized spacial score (nSPS) is 11.0. The molecule has 0 saturated carbocycles. The maximum atomic E-state index is 12.9. The van der Waals surface area contributed by atoms with Crippen molar-refractivity contribution in [2.45, 2.75) is 13.5 Å². The van der Waals surface area contributed by atoms with Crippen LogP contribution >= 0.6 is 11.3 Å². The number of hydrogen-bond donors (Lipinski definition) is 1. The molecule has 3 heteroatoms. The molecule has 13 heavy (non-hydrogen) atoms. The molecule has 0 fully saturated rings. The van der Waals surface area contributed by atoms with Crippen molar-refractivity contribution in [2.24, 2.45) is 5.73 Å². The summed E-state index contributed by atoms with van der Waals surface area (Å²) in [6.45, 7) is 2.52. The highest BCUT2D eigenvalue weighted by Gasteiger charge is 2.06. The average molecular weight is 195 g/mol. The Balaban J connectivity index is 2.77. The molecule has 2 aromatic rings. The van der Waals surface area contributed by atoms with E-state index in [1.54, 1.807) is 17.4 Å². The van der Waals surface area contributed by atoms with E-state index >= 15 is 0 Å². The molecule has 2 rings (SSSR count). The SMILES string of the molecule is Cc1c(CN)sc2ccc(F)cc12. The molecule has 0 atom stereocenters. The minimum Gasteiger partial charge on any atom is -0.326 e. The zero-order chi connectivity index (χ0) is 9.42. The summed E-state index contributed by atoms with van der Waals surface area (Å²) in [5.74, 6) is -0.183. The molecule has 0 aliphatic rings. The Kier molecular flexibility index (Phi) is 2.06. The van der Waals surface area contributed by atoms with Gasteiger partial charge in [-0.15, -0.1) is 11.3 Å². The summed E-state index contributed by atoms with van der Waals surface area (Å²) >= 11 is 1.64. The Morgan fingerprint density at radius 3 is 2.92 bits per heavy atom. The fraction of sp³-hybridized carbons (Fsp3) is 0.200. The smallest absolute Gasteiger partial charge is 0.123 e. The molecule has 0 bridgehead atoms. The molecule has 1 nitrogen and oxygen atoms in total. The van der Waals surface area contributed by atoms with Crippen molar-refractivity contribution in [3.8, 4) is 0 Å². The summed E-state index contributed by atoms with van der Waals surface area (Å²) in [4.78, 5) is 1.14. The Hall–Kier alpha value is -0.930. The second kappa shape index (κ2) is 3.09. The topological polar surface area (TPSA) is 26.0 Å². The first-order valence-corrected chi connectivity index (χ1v) is 4.91. The predicted molar refractivity (Wildman–Crippen MR) is 54.4 cm³/mol. The minimum absolute atomic E-state index is 0.183. The average Bonchev–Trinajstić information content (AvgIpc) is 2.44. The number of nitrogens with two attached hydrogens (primary N) is 1. The van der Waals surface area contributed by atoms with Gasteiger partial charge in [-0.2, -0.15) is 0 Å². The Morgan fingerprint density at radius 2 is 2.23 bits per heavy atom. The Morgan fingerprint density at radius 1 is 1.46 bits per heavy atom. The maximum absolute atomic E-state index is 12.9. The van der Waals surface area contributed by atoms with Crippen molar-refractivity contribution in [2.75, 3.05) is 0 Å². The van der Waals surface area contributed by atoms with E-state index in [-0.39, 0.29) is 5.82 Å². The second-order valence-corrected chi connectivity index (χ2v) is 4.13. The van der Waals surface area contributed by atoms with E-state index in [0.29, 0.717) is 6.54 Å². The lowest BCUT2D eigenvalue weighted by Crippen LogP contribution is -1.94.